The maximum Gasteiger partial charge on any atom is 0.264 e. The van der Waals surface area contributed by atoms with Gasteiger partial charge in [0.25, 0.3) is 10.0 Å². The zero-order valence-corrected chi connectivity index (χ0v) is 16.2. The second kappa shape index (κ2) is 6.87. The Labute approximate surface area is 160 Å². The summed E-state index contributed by atoms with van der Waals surface area (Å²) in [6.07, 6.45) is 2.87. The highest BCUT2D eigenvalue weighted by atomic mass is 32.2. The van der Waals surface area contributed by atoms with Crippen LogP contribution in [0, 0.1) is 0 Å². The number of anilines is 1. The van der Waals surface area contributed by atoms with Crippen LogP contribution < -0.4 is 9.62 Å². The van der Waals surface area contributed by atoms with Crippen LogP contribution in [0.2, 0.25) is 0 Å². The minimum Gasteiger partial charge on any atom is -0.340 e. The number of aromatic nitrogens is 1. The van der Waals surface area contributed by atoms with Crippen molar-refractivity contribution in [2.45, 2.75) is 24.4 Å². The smallest absolute Gasteiger partial charge is 0.264 e. The zero-order valence-electron chi connectivity index (χ0n) is 15.4. The molecule has 2 aromatic carbocycles. The highest BCUT2D eigenvalue weighted by Gasteiger charge is 2.24. The Morgan fingerprint density at radius 1 is 1.22 bits per heavy atom. The van der Waals surface area contributed by atoms with Crippen molar-refractivity contribution in [2.75, 3.05) is 17.9 Å². The normalized spacial score (nSPS) is 14.1. The van der Waals surface area contributed by atoms with Crippen LogP contribution in [0.15, 0.2) is 66.1 Å². The quantitative estimate of drug-likeness (QED) is 0.690. The fourth-order valence-electron chi connectivity index (χ4n) is 3.79. The van der Waals surface area contributed by atoms with Crippen LogP contribution in [0.1, 0.15) is 11.3 Å². The Bertz CT molecular complexity index is 1100. The highest BCUT2D eigenvalue weighted by molar-refractivity contribution is 7.92. The Kier molecular flexibility index (Phi) is 4.53. The molecule has 2 heterocycles. The average molecular weight is 382 g/mol. The minimum absolute atomic E-state index is 0.292. The van der Waals surface area contributed by atoms with Crippen molar-refractivity contribution in [1.29, 1.82) is 0 Å². The van der Waals surface area contributed by atoms with Crippen molar-refractivity contribution in [3.63, 3.8) is 0 Å². The van der Waals surface area contributed by atoms with Gasteiger partial charge in [0.1, 0.15) is 0 Å². The summed E-state index contributed by atoms with van der Waals surface area (Å²) in [5.74, 6) is 0. The van der Waals surface area contributed by atoms with Gasteiger partial charge in [0, 0.05) is 49.7 Å². The summed E-state index contributed by atoms with van der Waals surface area (Å²) >= 11 is 0. The second-order valence-corrected chi connectivity index (χ2v) is 8.71. The van der Waals surface area contributed by atoms with Gasteiger partial charge in [-0.25, -0.2) is 8.42 Å². The highest BCUT2D eigenvalue weighted by Crippen LogP contribution is 2.33. The van der Waals surface area contributed by atoms with Crippen molar-refractivity contribution in [3.05, 3.63) is 72.4 Å². The van der Waals surface area contributed by atoms with E-state index in [0.717, 1.165) is 37.0 Å². The first kappa shape index (κ1) is 17.8. The number of allylic oxidation sites excluding steroid dienone is 1. The molecule has 5 nitrogen and oxygen atoms in total. The molecule has 3 aromatic rings. The zero-order chi connectivity index (χ0) is 19.0. The summed E-state index contributed by atoms with van der Waals surface area (Å²) < 4.78 is 29.6. The van der Waals surface area contributed by atoms with Crippen LogP contribution in [0.4, 0.5) is 5.69 Å². The third-order valence-electron chi connectivity index (χ3n) is 5.19. The van der Waals surface area contributed by atoms with Gasteiger partial charge >= 0.3 is 0 Å². The first-order chi connectivity index (χ1) is 13.0. The Hall–Kier alpha value is -2.57. The van der Waals surface area contributed by atoms with Crippen molar-refractivity contribution in [2.24, 2.45) is 0 Å². The molecule has 0 unspecified atom stereocenters. The number of hydrogen-bond acceptors (Lipinski definition) is 3. The van der Waals surface area contributed by atoms with Gasteiger partial charge in [-0.05, 0) is 35.9 Å². The minimum atomic E-state index is -3.59. The SMILES string of the molecule is C=CCn1c2c(c3cc(N(C)S(=O)(=O)c4ccccc4)ccc31)CNCC2. The monoisotopic (exact) mass is 381 g/mol. The van der Waals surface area contributed by atoms with E-state index in [1.165, 1.54) is 15.6 Å². The van der Waals surface area contributed by atoms with E-state index in [0.29, 0.717) is 10.6 Å². The van der Waals surface area contributed by atoms with E-state index in [1.807, 2.05) is 30.3 Å². The summed E-state index contributed by atoms with van der Waals surface area (Å²) in [5.41, 5.74) is 4.35. The summed E-state index contributed by atoms with van der Waals surface area (Å²) in [6.45, 7) is 6.39. The molecule has 1 N–H and O–H groups in total. The van der Waals surface area contributed by atoms with Gasteiger partial charge in [0.05, 0.1) is 10.6 Å². The number of rotatable bonds is 5. The standard InChI is InChI=1S/C21H23N3O2S/c1-3-13-24-20-10-9-16(14-18(20)19-15-22-12-11-21(19)24)23(2)27(25,26)17-7-5-4-6-8-17/h3-10,14,22H,1,11-13,15H2,2H3. The summed E-state index contributed by atoms with van der Waals surface area (Å²) in [6, 6.07) is 14.4. The fourth-order valence-corrected chi connectivity index (χ4v) is 5.00. The van der Waals surface area contributed by atoms with Crippen LogP contribution in [0.3, 0.4) is 0 Å². The third kappa shape index (κ3) is 2.95. The van der Waals surface area contributed by atoms with Gasteiger partial charge in [-0.2, -0.15) is 0 Å². The molecule has 0 saturated carbocycles. The van der Waals surface area contributed by atoms with Crippen molar-refractivity contribution in [3.8, 4) is 0 Å². The van der Waals surface area contributed by atoms with E-state index in [9.17, 15) is 8.42 Å². The molecule has 0 saturated heterocycles. The van der Waals surface area contributed by atoms with E-state index < -0.39 is 10.0 Å². The molecule has 1 aromatic heterocycles. The van der Waals surface area contributed by atoms with E-state index in [2.05, 4.69) is 16.5 Å². The molecule has 0 radical (unpaired) electrons. The van der Waals surface area contributed by atoms with Gasteiger partial charge in [0.2, 0.25) is 0 Å². The number of benzene rings is 2. The summed E-state index contributed by atoms with van der Waals surface area (Å²) in [5, 5.41) is 4.53. The fraction of sp³-hybridized carbons (Fsp3) is 0.238. The Balaban J connectivity index is 1.83. The molecule has 4 rings (SSSR count). The molecule has 1 aliphatic heterocycles. The molecule has 0 amide bonds. The largest absolute Gasteiger partial charge is 0.340 e. The first-order valence-electron chi connectivity index (χ1n) is 9.03. The van der Waals surface area contributed by atoms with E-state index in [4.69, 9.17) is 0 Å². The van der Waals surface area contributed by atoms with Crippen LogP contribution >= 0.6 is 0 Å². The van der Waals surface area contributed by atoms with Crippen molar-refractivity contribution < 1.29 is 8.42 Å². The van der Waals surface area contributed by atoms with E-state index in [-0.39, 0.29) is 0 Å². The number of hydrogen-bond donors (Lipinski definition) is 1. The van der Waals surface area contributed by atoms with E-state index in [1.54, 1.807) is 31.3 Å². The van der Waals surface area contributed by atoms with Crippen LogP contribution in [0.25, 0.3) is 10.9 Å². The van der Waals surface area contributed by atoms with Gasteiger partial charge in [0.15, 0.2) is 0 Å². The molecule has 0 fully saturated rings. The first-order valence-corrected chi connectivity index (χ1v) is 10.5. The number of sulfonamides is 1. The number of fused-ring (bicyclic) bond motifs is 3. The Morgan fingerprint density at radius 2 is 2.00 bits per heavy atom. The third-order valence-corrected chi connectivity index (χ3v) is 6.99. The van der Waals surface area contributed by atoms with Crippen LogP contribution in [-0.2, 0) is 29.5 Å². The molecular formula is C21H23N3O2S. The molecule has 0 atom stereocenters. The predicted molar refractivity (Wildman–Crippen MR) is 110 cm³/mol. The van der Waals surface area contributed by atoms with Crippen molar-refractivity contribution in [1.82, 2.24) is 9.88 Å². The molecule has 0 spiro atoms. The van der Waals surface area contributed by atoms with Gasteiger partial charge in [-0.3, -0.25) is 4.31 Å². The van der Waals surface area contributed by atoms with Gasteiger partial charge in [-0.15, -0.1) is 6.58 Å². The molecule has 1 aliphatic rings. The van der Waals surface area contributed by atoms with Gasteiger partial charge < -0.3 is 9.88 Å². The molecule has 0 bridgehead atoms. The lowest BCUT2D eigenvalue weighted by molar-refractivity contribution is 0.594. The van der Waals surface area contributed by atoms with Crippen LogP contribution in [0.5, 0.6) is 0 Å². The lowest BCUT2D eigenvalue weighted by Gasteiger charge is -2.20. The Morgan fingerprint density at radius 3 is 2.74 bits per heavy atom. The van der Waals surface area contributed by atoms with Gasteiger partial charge in [-0.1, -0.05) is 24.3 Å². The molecule has 27 heavy (non-hydrogen) atoms. The molecule has 6 heteroatoms. The lowest BCUT2D eigenvalue weighted by Crippen LogP contribution is -2.26. The molecule has 0 aliphatic carbocycles. The average Bonchev–Trinajstić information content (AvgIpc) is 3.02. The van der Waals surface area contributed by atoms with Crippen molar-refractivity contribution >= 4 is 26.6 Å². The number of nitrogens with zero attached hydrogens (tertiary/aromatic N) is 2. The maximum absolute atomic E-state index is 13.0. The second-order valence-electron chi connectivity index (χ2n) is 6.74. The number of nitrogens with one attached hydrogen (secondary N) is 1. The summed E-state index contributed by atoms with van der Waals surface area (Å²) in [4.78, 5) is 0.292. The molecule has 140 valence electrons. The topological polar surface area (TPSA) is 54.3 Å². The van der Waals surface area contributed by atoms with Crippen LogP contribution in [-0.4, -0.2) is 26.6 Å². The predicted octanol–water partition coefficient (Wildman–Crippen LogP) is 3.30. The summed E-state index contributed by atoms with van der Waals surface area (Å²) in [7, 11) is -1.98. The van der Waals surface area contributed by atoms with E-state index >= 15 is 0 Å². The maximum atomic E-state index is 13.0. The molecular weight excluding hydrogens is 358 g/mol. The lowest BCUT2D eigenvalue weighted by atomic mass is 10.1.